The van der Waals surface area contributed by atoms with Crippen LogP contribution in [0, 0.1) is 31.6 Å². The number of carboxylic acid groups (broad SMARTS) is 1. The van der Waals surface area contributed by atoms with Crippen LogP contribution in [0.3, 0.4) is 0 Å². The number of benzene rings is 1. The van der Waals surface area contributed by atoms with Gasteiger partial charge in [0.05, 0.1) is 31.4 Å². The molecule has 1 amide bonds. The second-order valence-electron chi connectivity index (χ2n) is 13.1. The number of hydrogen-bond acceptors (Lipinski definition) is 7. The first-order chi connectivity index (χ1) is 21.8. The number of carboxylic acids is 1. The highest BCUT2D eigenvalue weighted by Crippen LogP contribution is 2.45. The van der Waals surface area contributed by atoms with Crippen molar-refractivity contribution in [3.8, 4) is 11.6 Å². The highest BCUT2D eigenvalue weighted by atomic mass is 16.5. The molecule has 6 rings (SSSR count). The van der Waals surface area contributed by atoms with Crippen LogP contribution < -0.4 is 19.3 Å². The van der Waals surface area contributed by atoms with Gasteiger partial charge < -0.3 is 19.5 Å². The lowest BCUT2D eigenvalue weighted by Crippen LogP contribution is -2.39. The van der Waals surface area contributed by atoms with Gasteiger partial charge in [0.2, 0.25) is 5.88 Å². The number of pyridine rings is 2. The Kier molecular flexibility index (Phi) is 9.24. The maximum atomic E-state index is 14.3. The number of aryl methyl sites for hydroxylation is 2. The Hall–Kier alpha value is -4.14. The number of rotatable bonds is 13. The van der Waals surface area contributed by atoms with Gasteiger partial charge in [-0.1, -0.05) is 0 Å². The molecule has 2 aliphatic carbocycles. The number of methoxy groups -OCH3 is 1. The summed E-state index contributed by atoms with van der Waals surface area (Å²) in [6.45, 7) is 6.83. The zero-order valence-electron chi connectivity index (χ0n) is 26.6. The smallest absolute Gasteiger partial charge is 0.303 e. The Labute approximate surface area is 265 Å². The van der Waals surface area contributed by atoms with Gasteiger partial charge in [-0.15, -0.1) is 0 Å². The number of piperidine rings is 1. The zero-order valence-corrected chi connectivity index (χ0v) is 26.6. The molecule has 45 heavy (non-hydrogen) atoms. The first-order valence-corrected chi connectivity index (χ1v) is 16.3. The number of anilines is 2. The van der Waals surface area contributed by atoms with Gasteiger partial charge in [-0.2, -0.15) is 0 Å². The molecule has 0 radical (unpaired) electrons. The number of ether oxygens (including phenoxy) is 2. The van der Waals surface area contributed by atoms with Crippen molar-refractivity contribution in [2.75, 3.05) is 43.2 Å². The van der Waals surface area contributed by atoms with E-state index in [-0.39, 0.29) is 18.2 Å². The van der Waals surface area contributed by atoms with Crippen LogP contribution in [0.1, 0.15) is 78.0 Å². The van der Waals surface area contributed by atoms with Crippen molar-refractivity contribution in [2.45, 2.75) is 64.7 Å². The normalized spacial score (nSPS) is 17.5. The monoisotopic (exact) mass is 612 g/mol. The van der Waals surface area contributed by atoms with Crippen molar-refractivity contribution >= 4 is 23.4 Å². The molecule has 0 spiro atoms. The summed E-state index contributed by atoms with van der Waals surface area (Å²) in [6, 6.07) is 13.6. The molecule has 2 saturated carbocycles. The van der Waals surface area contributed by atoms with Crippen molar-refractivity contribution in [3.63, 3.8) is 0 Å². The lowest BCUT2D eigenvalue weighted by molar-refractivity contribution is -0.137. The maximum absolute atomic E-state index is 14.3. The molecule has 1 aromatic carbocycles. The summed E-state index contributed by atoms with van der Waals surface area (Å²) in [6.07, 6.45) is 8.14. The SMILES string of the molecule is COc1ccc(C(=O)N(CC2CC2)c2cc(C)cc(C)n2)c(N2CCC(COc3cc(C(CC(=O)O)C4CC4)ccn3)CC2)c1. The van der Waals surface area contributed by atoms with Gasteiger partial charge in [0.1, 0.15) is 11.6 Å². The predicted molar refractivity (Wildman–Crippen MR) is 173 cm³/mol. The van der Waals surface area contributed by atoms with Crippen molar-refractivity contribution in [1.29, 1.82) is 0 Å². The first-order valence-electron chi connectivity index (χ1n) is 16.3. The standard InChI is InChI=1S/C36H44N4O5/c1-23-16-24(2)38-33(17-23)40(21-25-4-5-25)36(43)30-9-8-29(44-3)19-32(30)39-14-11-26(12-15-39)22-45-34-18-28(10-13-37-34)31(20-35(41)42)27-6-7-27/h8-10,13,16-19,25-27,31H,4-7,11-12,14-15,20-22H2,1-3H3,(H,41,42). The van der Waals surface area contributed by atoms with Gasteiger partial charge in [-0.25, -0.2) is 9.97 Å². The van der Waals surface area contributed by atoms with Crippen LogP contribution in [0.5, 0.6) is 11.6 Å². The minimum atomic E-state index is -0.767. The van der Waals surface area contributed by atoms with E-state index < -0.39 is 5.97 Å². The minimum Gasteiger partial charge on any atom is -0.497 e. The fraction of sp³-hybridized carbons (Fsp3) is 0.500. The minimum absolute atomic E-state index is 0.0155. The molecule has 238 valence electrons. The average Bonchev–Trinajstić information content (AvgIpc) is 3.96. The summed E-state index contributed by atoms with van der Waals surface area (Å²) in [5, 5.41) is 9.40. The summed E-state index contributed by atoms with van der Waals surface area (Å²) in [5.41, 5.74) is 4.56. The van der Waals surface area contributed by atoms with Crippen LogP contribution in [0.25, 0.3) is 0 Å². The molecule has 1 N–H and O–H groups in total. The summed E-state index contributed by atoms with van der Waals surface area (Å²) in [7, 11) is 1.65. The molecular formula is C36H44N4O5. The Morgan fingerprint density at radius 2 is 1.78 bits per heavy atom. The second kappa shape index (κ2) is 13.5. The van der Waals surface area contributed by atoms with Crippen LogP contribution >= 0.6 is 0 Å². The molecule has 3 aromatic rings. The van der Waals surface area contributed by atoms with E-state index in [0.29, 0.717) is 48.2 Å². The average molecular weight is 613 g/mol. The van der Waals surface area contributed by atoms with E-state index in [0.717, 1.165) is 79.9 Å². The predicted octanol–water partition coefficient (Wildman–Crippen LogP) is 6.42. The summed E-state index contributed by atoms with van der Waals surface area (Å²) < 4.78 is 11.7. The highest BCUT2D eigenvalue weighted by Gasteiger charge is 2.34. The number of carbonyl (C=O) groups is 2. The molecule has 0 bridgehead atoms. The first kappa shape index (κ1) is 30.9. The zero-order chi connectivity index (χ0) is 31.5. The largest absolute Gasteiger partial charge is 0.497 e. The third-order valence-electron chi connectivity index (χ3n) is 9.37. The number of aromatic nitrogens is 2. The number of amides is 1. The second-order valence-corrected chi connectivity index (χ2v) is 13.1. The van der Waals surface area contributed by atoms with E-state index in [1.54, 1.807) is 13.3 Å². The van der Waals surface area contributed by atoms with Crippen molar-refractivity contribution in [1.82, 2.24) is 9.97 Å². The van der Waals surface area contributed by atoms with Gasteiger partial charge in [-0.3, -0.25) is 14.5 Å². The molecule has 1 unspecified atom stereocenters. The molecule has 3 heterocycles. The Morgan fingerprint density at radius 3 is 2.44 bits per heavy atom. The third-order valence-corrected chi connectivity index (χ3v) is 9.37. The van der Waals surface area contributed by atoms with Crippen LogP contribution in [-0.4, -0.2) is 60.3 Å². The summed E-state index contributed by atoms with van der Waals surface area (Å²) in [4.78, 5) is 39.0. The van der Waals surface area contributed by atoms with E-state index in [1.165, 1.54) is 0 Å². The molecule has 1 aliphatic heterocycles. The number of hydrogen-bond donors (Lipinski definition) is 1. The van der Waals surface area contributed by atoms with E-state index in [1.807, 2.05) is 61.2 Å². The van der Waals surface area contributed by atoms with Crippen LogP contribution in [0.15, 0.2) is 48.7 Å². The molecular weight excluding hydrogens is 568 g/mol. The molecule has 1 saturated heterocycles. The van der Waals surface area contributed by atoms with E-state index in [9.17, 15) is 14.7 Å². The van der Waals surface area contributed by atoms with Gasteiger partial charge >= 0.3 is 5.97 Å². The fourth-order valence-electron chi connectivity index (χ4n) is 6.55. The molecule has 9 nitrogen and oxygen atoms in total. The van der Waals surface area contributed by atoms with Gasteiger partial charge in [-0.05, 0) is 118 Å². The number of carbonyl (C=O) groups excluding carboxylic acids is 1. The van der Waals surface area contributed by atoms with Gasteiger partial charge in [0, 0.05) is 43.7 Å². The Morgan fingerprint density at radius 1 is 1.00 bits per heavy atom. The lowest BCUT2D eigenvalue weighted by Gasteiger charge is -2.35. The lowest BCUT2D eigenvalue weighted by atomic mass is 9.92. The summed E-state index contributed by atoms with van der Waals surface area (Å²) >= 11 is 0. The number of aliphatic carboxylic acids is 1. The van der Waals surface area contributed by atoms with Crippen molar-refractivity contribution in [2.24, 2.45) is 17.8 Å². The van der Waals surface area contributed by atoms with Crippen LogP contribution in [0.4, 0.5) is 11.5 Å². The molecule has 3 aliphatic rings. The topological polar surface area (TPSA) is 105 Å². The molecule has 3 fully saturated rings. The van der Waals surface area contributed by atoms with E-state index in [4.69, 9.17) is 14.5 Å². The van der Waals surface area contributed by atoms with E-state index >= 15 is 0 Å². The quantitative estimate of drug-likeness (QED) is 0.236. The number of nitrogens with zero attached hydrogens (tertiary/aromatic N) is 4. The fourth-order valence-corrected chi connectivity index (χ4v) is 6.55. The molecule has 1 atom stereocenters. The van der Waals surface area contributed by atoms with E-state index in [2.05, 4.69) is 9.88 Å². The molecule has 2 aromatic heterocycles. The summed E-state index contributed by atoms with van der Waals surface area (Å²) in [5.74, 6) is 2.52. The highest BCUT2D eigenvalue weighted by molar-refractivity contribution is 6.09. The van der Waals surface area contributed by atoms with Gasteiger partial charge in [0.25, 0.3) is 5.91 Å². The molecule has 9 heteroatoms. The van der Waals surface area contributed by atoms with Crippen molar-refractivity contribution in [3.05, 3.63) is 71.0 Å². The third kappa shape index (κ3) is 7.75. The van der Waals surface area contributed by atoms with Crippen LogP contribution in [-0.2, 0) is 4.79 Å². The van der Waals surface area contributed by atoms with Crippen molar-refractivity contribution < 1.29 is 24.2 Å². The maximum Gasteiger partial charge on any atom is 0.303 e. The van der Waals surface area contributed by atoms with Crippen LogP contribution in [0.2, 0.25) is 0 Å². The van der Waals surface area contributed by atoms with Gasteiger partial charge in [0.15, 0.2) is 0 Å². The Balaban J connectivity index is 1.13. The Bertz CT molecular complexity index is 1510.